The summed E-state index contributed by atoms with van der Waals surface area (Å²) in [6.07, 6.45) is 8.16. The zero-order valence-corrected chi connectivity index (χ0v) is 20.1. The maximum absolute atomic E-state index is 12.9. The summed E-state index contributed by atoms with van der Waals surface area (Å²) in [6, 6.07) is 3.25. The molecule has 2 aliphatic rings. The van der Waals surface area contributed by atoms with Crippen molar-refractivity contribution in [3.63, 3.8) is 0 Å². The maximum atomic E-state index is 12.9. The fraction of sp³-hybridized carbons (Fsp3) is 0.462. The number of H-pyrrole nitrogens is 1. The van der Waals surface area contributed by atoms with E-state index in [1.165, 1.54) is 13.2 Å². The number of aromatic nitrogens is 2. The average molecular weight is 488 g/mol. The number of nitrogens with zero attached hydrogens (tertiary/aromatic N) is 1. The number of rotatable bonds is 11. The number of imidazole rings is 1. The normalized spacial score (nSPS) is 18.1. The van der Waals surface area contributed by atoms with Crippen LogP contribution in [0.2, 0.25) is 0 Å². The van der Waals surface area contributed by atoms with Crippen molar-refractivity contribution in [1.29, 1.82) is 0 Å². The van der Waals surface area contributed by atoms with Crippen molar-refractivity contribution in [2.24, 2.45) is 5.92 Å². The number of alkyl halides is 2. The highest BCUT2D eigenvalue weighted by molar-refractivity contribution is 6.01. The monoisotopic (exact) mass is 487 g/mol. The molecule has 3 N–H and O–H groups in total. The Morgan fingerprint density at radius 3 is 2.63 bits per heavy atom. The third-order valence-corrected chi connectivity index (χ3v) is 6.29. The first-order valence-electron chi connectivity index (χ1n) is 11.8. The largest absolute Gasteiger partial charge is 0.496 e. The lowest BCUT2D eigenvalue weighted by molar-refractivity contribution is 0.0792. The van der Waals surface area contributed by atoms with Crippen LogP contribution in [-0.4, -0.2) is 52.8 Å². The minimum atomic E-state index is -2.70. The first kappa shape index (κ1) is 24.9. The summed E-state index contributed by atoms with van der Waals surface area (Å²) in [5, 5.41) is 13.8. The third kappa shape index (κ3) is 5.90. The quantitative estimate of drug-likeness (QED) is 0.398. The molecule has 1 atom stereocenters. The average Bonchev–Trinajstić information content (AvgIpc) is 3.75. The minimum Gasteiger partial charge on any atom is -0.496 e. The molecule has 0 spiro atoms. The van der Waals surface area contributed by atoms with Gasteiger partial charge in [-0.1, -0.05) is 12.2 Å². The number of aliphatic hydroxyl groups is 1. The van der Waals surface area contributed by atoms with Crippen LogP contribution in [0, 0.1) is 5.92 Å². The summed E-state index contributed by atoms with van der Waals surface area (Å²) in [7, 11) is 1.41. The van der Waals surface area contributed by atoms with Crippen LogP contribution >= 0.6 is 0 Å². The zero-order valence-electron chi connectivity index (χ0n) is 20.1. The Morgan fingerprint density at radius 2 is 2.03 bits per heavy atom. The SMILES string of the molecule is C/C=C\C(=C/c1ncc(-c2cc(OC)c(C(=O)NC3CC3)c(OCC(F)F)c2)[nH]1)C(C)(O)C1CC1. The van der Waals surface area contributed by atoms with Crippen LogP contribution in [0.1, 0.15) is 55.7 Å². The molecule has 35 heavy (non-hydrogen) atoms. The molecule has 2 saturated carbocycles. The molecule has 1 unspecified atom stereocenters. The van der Waals surface area contributed by atoms with Crippen molar-refractivity contribution in [2.45, 2.75) is 57.6 Å². The minimum absolute atomic E-state index is 0.00997. The van der Waals surface area contributed by atoms with E-state index in [1.54, 1.807) is 18.3 Å². The highest BCUT2D eigenvalue weighted by Crippen LogP contribution is 2.44. The molecule has 1 amide bonds. The molecule has 4 rings (SSSR count). The van der Waals surface area contributed by atoms with E-state index >= 15 is 0 Å². The molecule has 0 radical (unpaired) electrons. The van der Waals surface area contributed by atoms with Gasteiger partial charge in [-0.2, -0.15) is 0 Å². The second-order valence-electron chi connectivity index (χ2n) is 9.21. The Kier molecular flexibility index (Phi) is 7.25. The van der Waals surface area contributed by atoms with E-state index < -0.39 is 24.5 Å². The second-order valence-corrected chi connectivity index (χ2v) is 9.21. The lowest BCUT2D eigenvalue weighted by Crippen LogP contribution is -2.28. The predicted octanol–water partition coefficient (Wildman–Crippen LogP) is 4.74. The smallest absolute Gasteiger partial charge is 0.272 e. The number of aromatic amines is 1. The van der Waals surface area contributed by atoms with Crippen LogP contribution in [0.3, 0.4) is 0 Å². The molecule has 0 bridgehead atoms. The van der Waals surface area contributed by atoms with Crippen LogP contribution < -0.4 is 14.8 Å². The Morgan fingerprint density at radius 1 is 1.31 bits per heavy atom. The number of amides is 1. The van der Waals surface area contributed by atoms with Gasteiger partial charge in [-0.05, 0) is 69.2 Å². The summed E-state index contributed by atoms with van der Waals surface area (Å²) >= 11 is 0. The number of hydrogen-bond donors (Lipinski definition) is 3. The van der Waals surface area contributed by atoms with Gasteiger partial charge in [-0.25, -0.2) is 13.8 Å². The third-order valence-electron chi connectivity index (χ3n) is 6.29. The molecule has 1 aromatic heterocycles. The fourth-order valence-electron chi connectivity index (χ4n) is 4.01. The predicted molar refractivity (Wildman–Crippen MR) is 129 cm³/mol. The Bertz CT molecular complexity index is 1130. The molecule has 1 aromatic carbocycles. The molecule has 9 heteroatoms. The molecule has 7 nitrogen and oxygen atoms in total. The number of allylic oxidation sites excluding steroid dienone is 1. The van der Waals surface area contributed by atoms with E-state index in [4.69, 9.17) is 9.47 Å². The van der Waals surface area contributed by atoms with Gasteiger partial charge >= 0.3 is 0 Å². The molecule has 2 fully saturated rings. The number of carbonyl (C=O) groups is 1. The summed E-state index contributed by atoms with van der Waals surface area (Å²) < 4.78 is 36.6. The van der Waals surface area contributed by atoms with E-state index in [0.717, 1.165) is 31.3 Å². The van der Waals surface area contributed by atoms with Gasteiger partial charge in [-0.3, -0.25) is 4.79 Å². The van der Waals surface area contributed by atoms with Crippen LogP contribution in [0.5, 0.6) is 11.5 Å². The van der Waals surface area contributed by atoms with Gasteiger partial charge in [0, 0.05) is 11.6 Å². The van der Waals surface area contributed by atoms with Crippen LogP contribution in [0.25, 0.3) is 17.3 Å². The van der Waals surface area contributed by atoms with Gasteiger partial charge in [0.2, 0.25) is 0 Å². The van der Waals surface area contributed by atoms with Crippen molar-refractivity contribution >= 4 is 12.0 Å². The first-order chi connectivity index (χ1) is 16.7. The van der Waals surface area contributed by atoms with Crippen molar-refractivity contribution in [3.05, 3.63) is 47.4 Å². The summed E-state index contributed by atoms with van der Waals surface area (Å²) in [4.78, 5) is 20.4. The Balaban J connectivity index is 1.69. The summed E-state index contributed by atoms with van der Waals surface area (Å²) in [6.45, 7) is 2.85. The summed E-state index contributed by atoms with van der Waals surface area (Å²) in [5.41, 5.74) is 1.00. The zero-order chi connectivity index (χ0) is 25.2. The van der Waals surface area contributed by atoms with E-state index in [1.807, 2.05) is 26.0 Å². The first-order valence-corrected chi connectivity index (χ1v) is 11.8. The van der Waals surface area contributed by atoms with Crippen LogP contribution in [0.15, 0.2) is 36.1 Å². The molecule has 2 aromatic rings. The van der Waals surface area contributed by atoms with Gasteiger partial charge in [0.25, 0.3) is 12.3 Å². The number of hydrogen-bond acceptors (Lipinski definition) is 5. The number of nitrogens with one attached hydrogen (secondary N) is 2. The number of ether oxygens (including phenoxy) is 2. The maximum Gasteiger partial charge on any atom is 0.272 e. The van der Waals surface area contributed by atoms with Crippen molar-refractivity contribution in [2.75, 3.05) is 13.7 Å². The standard InChI is InChI=1S/C26H31F2N3O4/c1-4-5-17(26(2,33)16-6-7-16)12-23-29-13-19(31-23)15-10-20(34-3)24(25(32)30-18-8-9-18)21(11-15)35-14-22(27)28/h4-5,10-13,16,18,22,33H,6-9,14H2,1-3H3,(H,29,31)(H,30,32)/b5-4-,17-12+. The molecule has 1 heterocycles. The Labute approximate surface area is 203 Å². The number of methoxy groups -OCH3 is 1. The van der Waals surface area contributed by atoms with Gasteiger partial charge < -0.3 is 24.9 Å². The number of halogens is 2. The van der Waals surface area contributed by atoms with Crippen LogP contribution in [-0.2, 0) is 0 Å². The number of carbonyl (C=O) groups excluding carboxylic acids is 1. The van der Waals surface area contributed by atoms with Crippen LogP contribution in [0.4, 0.5) is 8.78 Å². The molecule has 0 saturated heterocycles. The van der Waals surface area contributed by atoms with E-state index in [0.29, 0.717) is 17.1 Å². The van der Waals surface area contributed by atoms with Gasteiger partial charge in [-0.15, -0.1) is 0 Å². The van der Waals surface area contributed by atoms with Gasteiger partial charge in [0.05, 0.1) is 24.6 Å². The highest BCUT2D eigenvalue weighted by Gasteiger charge is 2.41. The lowest BCUT2D eigenvalue weighted by atomic mass is 9.89. The van der Waals surface area contributed by atoms with Gasteiger partial charge in [0.15, 0.2) is 0 Å². The highest BCUT2D eigenvalue weighted by atomic mass is 19.3. The lowest BCUT2D eigenvalue weighted by Gasteiger charge is -2.24. The Hall–Kier alpha value is -3.20. The topological polar surface area (TPSA) is 96.5 Å². The molecular formula is C26H31F2N3O4. The van der Waals surface area contributed by atoms with E-state index in [-0.39, 0.29) is 29.0 Å². The molecule has 2 aliphatic carbocycles. The fourth-order valence-corrected chi connectivity index (χ4v) is 4.01. The van der Waals surface area contributed by atoms with E-state index in [2.05, 4.69) is 15.3 Å². The number of benzene rings is 1. The molecule has 0 aliphatic heterocycles. The van der Waals surface area contributed by atoms with Gasteiger partial charge in [0.1, 0.15) is 29.5 Å². The van der Waals surface area contributed by atoms with Crippen molar-refractivity contribution < 1.29 is 28.2 Å². The second kappa shape index (κ2) is 10.2. The van der Waals surface area contributed by atoms with Crippen molar-refractivity contribution in [3.8, 4) is 22.8 Å². The molecular weight excluding hydrogens is 456 g/mol. The van der Waals surface area contributed by atoms with Crippen molar-refractivity contribution in [1.82, 2.24) is 15.3 Å². The summed E-state index contributed by atoms with van der Waals surface area (Å²) in [5.74, 6) is 0.538. The molecule has 188 valence electrons. The van der Waals surface area contributed by atoms with E-state index in [9.17, 15) is 18.7 Å².